The minimum Gasteiger partial charge on any atom is -0.466 e. The van der Waals surface area contributed by atoms with Crippen LogP contribution >= 0.6 is 23.2 Å². The molecule has 1 aromatic carbocycles. The van der Waals surface area contributed by atoms with Crippen LogP contribution in [0.1, 0.15) is 33.3 Å². The fraction of sp³-hybridized carbons (Fsp3) is 0.533. The number of esters is 1. The van der Waals surface area contributed by atoms with Crippen molar-refractivity contribution in [3.63, 3.8) is 0 Å². The van der Waals surface area contributed by atoms with Crippen LogP contribution in [0.15, 0.2) is 18.2 Å². The molecule has 0 radical (unpaired) electrons. The molecule has 0 aliphatic carbocycles. The maximum Gasteiger partial charge on any atom is 0.312 e. The zero-order valence-corrected chi connectivity index (χ0v) is 13.6. The Hall–Kier alpha value is -0.770. The van der Waals surface area contributed by atoms with Crippen molar-refractivity contribution in [2.75, 3.05) is 6.61 Å². The van der Waals surface area contributed by atoms with Crippen molar-refractivity contribution in [2.45, 2.75) is 33.3 Å². The number of hydrogen-bond acceptors (Lipinski definition) is 3. The topological polar surface area (TPSA) is 46.5 Å². The molecule has 0 saturated heterocycles. The van der Waals surface area contributed by atoms with E-state index in [0.29, 0.717) is 10.6 Å². The summed E-state index contributed by atoms with van der Waals surface area (Å²) in [6, 6.07) is 5.00. The number of carbonyl (C=O) groups excluding carboxylic acids is 1. The van der Waals surface area contributed by atoms with Crippen molar-refractivity contribution in [2.24, 2.45) is 11.8 Å². The molecule has 0 bridgehead atoms. The molecule has 2 atom stereocenters. The third-order valence-corrected chi connectivity index (χ3v) is 4.13. The molecular formula is C15H20Cl2O3. The zero-order chi connectivity index (χ0) is 15.5. The van der Waals surface area contributed by atoms with E-state index in [-0.39, 0.29) is 17.5 Å². The first-order valence-electron chi connectivity index (χ1n) is 6.57. The van der Waals surface area contributed by atoms with E-state index in [1.165, 1.54) is 0 Å². The Morgan fingerprint density at radius 3 is 2.50 bits per heavy atom. The second-order valence-corrected chi connectivity index (χ2v) is 6.01. The normalized spacial score (nSPS) is 15.8. The Bertz CT molecular complexity index is 484. The quantitative estimate of drug-likeness (QED) is 0.833. The summed E-state index contributed by atoms with van der Waals surface area (Å²) in [7, 11) is 0. The van der Waals surface area contributed by atoms with Crippen LogP contribution in [0.5, 0.6) is 0 Å². The van der Waals surface area contributed by atoms with Crippen molar-refractivity contribution >= 4 is 29.2 Å². The van der Waals surface area contributed by atoms with Crippen LogP contribution in [0, 0.1) is 11.8 Å². The summed E-state index contributed by atoms with van der Waals surface area (Å²) in [6.45, 7) is 7.27. The second-order valence-electron chi connectivity index (χ2n) is 5.22. The van der Waals surface area contributed by atoms with Gasteiger partial charge in [-0.3, -0.25) is 4.79 Å². The average molecular weight is 319 g/mol. The molecule has 0 aromatic heterocycles. The van der Waals surface area contributed by atoms with Gasteiger partial charge in [0.1, 0.15) is 5.60 Å². The van der Waals surface area contributed by atoms with Crippen molar-refractivity contribution in [1.29, 1.82) is 0 Å². The largest absolute Gasteiger partial charge is 0.466 e. The fourth-order valence-electron chi connectivity index (χ4n) is 2.44. The number of halogens is 2. The second kappa shape index (κ2) is 6.79. The summed E-state index contributed by atoms with van der Waals surface area (Å²) in [5, 5.41) is 11.5. The van der Waals surface area contributed by atoms with Gasteiger partial charge in [-0.2, -0.15) is 0 Å². The summed E-state index contributed by atoms with van der Waals surface area (Å²) >= 11 is 12.1. The van der Waals surface area contributed by atoms with Gasteiger partial charge in [-0.1, -0.05) is 49.2 Å². The lowest BCUT2D eigenvalue weighted by Crippen LogP contribution is -2.41. The van der Waals surface area contributed by atoms with E-state index in [4.69, 9.17) is 27.9 Å². The minimum absolute atomic E-state index is 0.112. The van der Waals surface area contributed by atoms with E-state index in [2.05, 4.69) is 0 Å². The van der Waals surface area contributed by atoms with Crippen LogP contribution in [0.2, 0.25) is 10.0 Å². The molecule has 0 amide bonds. The summed E-state index contributed by atoms with van der Waals surface area (Å²) in [5.41, 5.74) is -1.03. The molecule has 1 aromatic rings. The van der Waals surface area contributed by atoms with Crippen LogP contribution in [-0.4, -0.2) is 17.7 Å². The number of rotatable bonds is 5. The predicted molar refractivity (Wildman–Crippen MR) is 81.0 cm³/mol. The molecule has 0 aliphatic heterocycles. The molecule has 5 heteroatoms. The third-order valence-electron chi connectivity index (χ3n) is 3.31. The Morgan fingerprint density at radius 1 is 1.40 bits per heavy atom. The summed E-state index contributed by atoms with van der Waals surface area (Å²) in [4.78, 5) is 12.1. The third kappa shape index (κ3) is 3.46. The maximum atomic E-state index is 12.1. The molecule has 0 aliphatic rings. The highest BCUT2D eigenvalue weighted by molar-refractivity contribution is 6.42. The lowest BCUT2D eigenvalue weighted by atomic mass is 9.76. The number of carbonyl (C=O) groups is 1. The Kier molecular flexibility index (Phi) is 5.87. The number of ether oxygens (including phenoxy) is 1. The molecule has 0 saturated carbocycles. The van der Waals surface area contributed by atoms with Gasteiger partial charge in [0.15, 0.2) is 0 Å². The van der Waals surface area contributed by atoms with Gasteiger partial charge in [0.25, 0.3) is 0 Å². The lowest BCUT2D eigenvalue weighted by molar-refractivity contribution is -0.161. The molecule has 0 heterocycles. The average Bonchev–Trinajstić information content (AvgIpc) is 2.31. The highest BCUT2D eigenvalue weighted by Crippen LogP contribution is 2.40. The van der Waals surface area contributed by atoms with Crippen molar-refractivity contribution in [3.05, 3.63) is 33.8 Å². The molecule has 0 spiro atoms. The van der Waals surface area contributed by atoms with E-state index in [1.54, 1.807) is 32.0 Å². The smallest absolute Gasteiger partial charge is 0.312 e. The molecule has 2 unspecified atom stereocenters. The lowest BCUT2D eigenvalue weighted by Gasteiger charge is -2.35. The molecule has 3 nitrogen and oxygen atoms in total. The van der Waals surface area contributed by atoms with Crippen LogP contribution in [0.25, 0.3) is 0 Å². The fourth-order valence-corrected chi connectivity index (χ4v) is 2.94. The molecule has 20 heavy (non-hydrogen) atoms. The Labute approximate surface area is 129 Å². The molecule has 112 valence electrons. The van der Waals surface area contributed by atoms with Gasteiger partial charge < -0.3 is 9.84 Å². The van der Waals surface area contributed by atoms with Gasteiger partial charge in [-0.25, -0.2) is 0 Å². The van der Waals surface area contributed by atoms with Gasteiger partial charge in [0.2, 0.25) is 0 Å². The monoisotopic (exact) mass is 318 g/mol. The SMILES string of the molecule is CCOC(=O)C(C(C)C)C(C)(O)c1cccc(Cl)c1Cl. The Morgan fingerprint density at radius 2 is 2.00 bits per heavy atom. The number of aliphatic hydroxyl groups is 1. The van der Waals surface area contributed by atoms with Gasteiger partial charge in [0, 0.05) is 5.56 Å². The van der Waals surface area contributed by atoms with Crippen LogP contribution < -0.4 is 0 Å². The van der Waals surface area contributed by atoms with E-state index < -0.39 is 17.5 Å². The summed E-state index contributed by atoms with van der Waals surface area (Å²) < 4.78 is 5.07. The van der Waals surface area contributed by atoms with Crippen LogP contribution in [0.4, 0.5) is 0 Å². The first kappa shape index (κ1) is 17.3. The van der Waals surface area contributed by atoms with Gasteiger partial charge in [0.05, 0.1) is 22.6 Å². The van der Waals surface area contributed by atoms with Gasteiger partial charge >= 0.3 is 5.97 Å². The van der Waals surface area contributed by atoms with E-state index in [0.717, 1.165) is 0 Å². The standard InChI is InChI=1S/C15H20Cl2O3/c1-5-20-14(18)12(9(2)3)15(4,19)10-7-6-8-11(16)13(10)17/h6-9,12,19H,5H2,1-4H3. The maximum absolute atomic E-state index is 12.1. The van der Waals surface area contributed by atoms with Gasteiger partial charge in [-0.05, 0) is 25.8 Å². The minimum atomic E-state index is -1.46. The number of benzene rings is 1. The summed E-state index contributed by atoms with van der Waals surface area (Å²) in [5.74, 6) is -1.28. The van der Waals surface area contributed by atoms with Gasteiger partial charge in [-0.15, -0.1) is 0 Å². The van der Waals surface area contributed by atoms with E-state index in [9.17, 15) is 9.90 Å². The van der Waals surface area contributed by atoms with Crippen molar-refractivity contribution in [3.8, 4) is 0 Å². The van der Waals surface area contributed by atoms with Crippen LogP contribution in [-0.2, 0) is 15.1 Å². The summed E-state index contributed by atoms with van der Waals surface area (Å²) in [6.07, 6.45) is 0. The first-order chi connectivity index (χ1) is 9.23. The highest BCUT2D eigenvalue weighted by atomic mass is 35.5. The Balaban J connectivity index is 3.29. The highest BCUT2D eigenvalue weighted by Gasteiger charge is 2.43. The first-order valence-corrected chi connectivity index (χ1v) is 7.32. The van der Waals surface area contributed by atoms with Crippen molar-refractivity contribution in [1.82, 2.24) is 0 Å². The zero-order valence-electron chi connectivity index (χ0n) is 12.1. The van der Waals surface area contributed by atoms with Crippen LogP contribution in [0.3, 0.4) is 0 Å². The molecule has 1 rings (SSSR count). The molecular weight excluding hydrogens is 299 g/mol. The van der Waals surface area contributed by atoms with E-state index >= 15 is 0 Å². The van der Waals surface area contributed by atoms with E-state index in [1.807, 2.05) is 13.8 Å². The predicted octanol–water partition coefficient (Wildman–Crippen LogP) is 4.04. The molecule has 1 N–H and O–H groups in total. The van der Waals surface area contributed by atoms with Crippen molar-refractivity contribution < 1.29 is 14.6 Å². The molecule has 0 fully saturated rings. The number of hydrogen-bond donors (Lipinski definition) is 1.